The molecule has 26 heavy (non-hydrogen) atoms. The molecular weight excluding hydrogens is 351 g/mol. The van der Waals surface area contributed by atoms with Crippen molar-refractivity contribution in [1.82, 2.24) is 25.3 Å². The van der Waals surface area contributed by atoms with Gasteiger partial charge in [0.05, 0.1) is 6.26 Å². The van der Waals surface area contributed by atoms with Gasteiger partial charge >= 0.3 is 6.18 Å². The molecule has 2 N–H and O–H groups in total. The molecule has 0 aliphatic heterocycles. The highest BCUT2D eigenvalue weighted by Crippen LogP contribution is 2.28. The summed E-state index contributed by atoms with van der Waals surface area (Å²) in [5.41, 5.74) is 0.276. The van der Waals surface area contributed by atoms with Gasteiger partial charge in [-0.1, -0.05) is 0 Å². The van der Waals surface area contributed by atoms with Crippen LogP contribution >= 0.6 is 0 Å². The first-order chi connectivity index (χ1) is 12.3. The lowest BCUT2D eigenvalue weighted by Crippen LogP contribution is -2.25. The zero-order valence-electron chi connectivity index (χ0n) is 13.8. The molecule has 3 heterocycles. The Morgan fingerprint density at radius 2 is 2.19 bits per heavy atom. The number of aryl methyl sites for hydroxylation is 2. The molecule has 0 spiro atoms. The van der Waals surface area contributed by atoms with Gasteiger partial charge in [-0.15, -0.1) is 0 Å². The van der Waals surface area contributed by atoms with Crippen molar-refractivity contribution in [3.05, 3.63) is 47.6 Å². The van der Waals surface area contributed by atoms with Crippen molar-refractivity contribution in [1.29, 1.82) is 0 Å². The van der Waals surface area contributed by atoms with E-state index < -0.39 is 11.9 Å². The van der Waals surface area contributed by atoms with E-state index in [1.807, 2.05) is 0 Å². The molecule has 0 fully saturated rings. The van der Waals surface area contributed by atoms with E-state index in [1.54, 1.807) is 25.1 Å². The van der Waals surface area contributed by atoms with Gasteiger partial charge in [0.1, 0.15) is 5.69 Å². The molecule has 0 bridgehead atoms. The predicted octanol–water partition coefficient (Wildman–Crippen LogP) is 3.01. The number of nitrogens with one attached hydrogen (secondary N) is 2. The minimum atomic E-state index is -4.46. The molecular formula is C16H16F3N5O2. The highest BCUT2D eigenvalue weighted by Gasteiger charge is 2.34. The van der Waals surface area contributed by atoms with E-state index in [1.165, 1.54) is 10.9 Å². The Morgan fingerprint density at radius 1 is 1.38 bits per heavy atom. The number of carbonyl (C=O) groups excluding carboxylic acids is 1. The first kappa shape index (κ1) is 17.8. The van der Waals surface area contributed by atoms with E-state index >= 15 is 0 Å². The van der Waals surface area contributed by atoms with Gasteiger partial charge in [0.2, 0.25) is 0 Å². The highest BCUT2D eigenvalue weighted by atomic mass is 19.4. The summed E-state index contributed by atoms with van der Waals surface area (Å²) in [6, 6.07) is 6.01. The Bertz CT molecular complexity index is 880. The monoisotopic (exact) mass is 367 g/mol. The topological polar surface area (TPSA) is 88.7 Å². The summed E-state index contributed by atoms with van der Waals surface area (Å²) in [5, 5.41) is 12.8. The molecule has 0 unspecified atom stereocenters. The summed E-state index contributed by atoms with van der Waals surface area (Å²) in [4.78, 5) is 12.0. The van der Waals surface area contributed by atoms with Gasteiger partial charge in [-0.3, -0.25) is 14.6 Å². The van der Waals surface area contributed by atoms with E-state index in [-0.39, 0.29) is 24.7 Å². The third-order valence-corrected chi connectivity index (χ3v) is 3.70. The lowest BCUT2D eigenvalue weighted by Gasteiger charge is -2.06. The van der Waals surface area contributed by atoms with Crippen molar-refractivity contribution in [2.45, 2.75) is 26.1 Å². The van der Waals surface area contributed by atoms with Crippen molar-refractivity contribution >= 4 is 5.91 Å². The van der Waals surface area contributed by atoms with Gasteiger partial charge < -0.3 is 9.73 Å². The van der Waals surface area contributed by atoms with Crippen LogP contribution in [-0.4, -0.2) is 32.4 Å². The average molecular weight is 367 g/mol. The van der Waals surface area contributed by atoms with Crippen molar-refractivity contribution in [2.75, 3.05) is 6.54 Å². The number of amides is 1. The number of rotatable bonds is 6. The SMILES string of the molecule is Cc1cc(C(F)(F)F)nn1CCCNC(=O)c1cc(-c2ccco2)[nH]n1. The molecule has 7 nitrogen and oxygen atoms in total. The molecule has 0 saturated carbocycles. The van der Waals surface area contributed by atoms with Crippen LogP contribution in [0.25, 0.3) is 11.5 Å². The average Bonchev–Trinajstić information content (AvgIpc) is 3.30. The maximum atomic E-state index is 12.6. The van der Waals surface area contributed by atoms with Gasteiger partial charge in [-0.25, -0.2) is 0 Å². The molecule has 0 saturated heterocycles. The predicted molar refractivity (Wildman–Crippen MR) is 85.2 cm³/mol. The lowest BCUT2D eigenvalue weighted by molar-refractivity contribution is -0.141. The van der Waals surface area contributed by atoms with Gasteiger partial charge in [-0.05, 0) is 31.5 Å². The van der Waals surface area contributed by atoms with Gasteiger partial charge in [0.15, 0.2) is 17.1 Å². The summed E-state index contributed by atoms with van der Waals surface area (Å²) < 4.78 is 44.3. The Kier molecular flexibility index (Phi) is 4.83. The minimum absolute atomic E-state index is 0.200. The van der Waals surface area contributed by atoms with Crippen LogP contribution in [0.3, 0.4) is 0 Å². The molecule has 3 rings (SSSR count). The Hall–Kier alpha value is -3.04. The molecule has 0 aliphatic rings. The number of hydrogen-bond donors (Lipinski definition) is 2. The minimum Gasteiger partial charge on any atom is -0.463 e. The third-order valence-electron chi connectivity index (χ3n) is 3.70. The number of H-pyrrole nitrogens is 1. The molecule has 1 amide bonds. The summed E-state index contributed by atoms with van der Waals surface area (Å²) in [7, 11) is 0. The van der Waals surface area contributed by atoms with E-state index in [2.05, 4.69) is 20.6 Å². The van der Waals surface area contributed by atoms with E-state index in [9.17, 15) is 18.0 Å². The van der Waals surface area contributed by atoms with Gasteiger partial charge in [0.25, 0.3) is 5.91 Å². The fraction of sp³-hybridized carbons (Fsp3) is 0.312. The van der Waals surface area contributed by atoms with Crippen molar-refractivity contribution in [3.63, 3.8) is 0 Å². The molecule has 0 aliphatic carbocycles. The summed E-state index contributed by atoms with van der Waals surface area (Å²) >= 11 is 0. The van der Waals surface area contributed by atoms with Crippen LogP contribution in [0.4, 0.5) is 13.2 Å². The molecule has 3 aromatic heterocycles. The van der Waals surface area contributed by atoms with Crippen LogP contribution in [0, 0.1) is 6.92 Å². The second-order valence-corrected chi connectivity index (χ2v) is 5.65. The number of halogens is 3. The van der Waals surface area contributed by atoms with Crippen LogP contribution < -0.4 is 5.32 Å². The summed E-state index contributed by atoms with van der Waals surface area (Å²) in [6.07, 6.45) is -2.52. The Labute approximate surface area is 146 Å². The first-order valence-corrected chi connectivity index (χ1v) is 7.84. The number of aromatic nitrogens is 4. The van der Waals surface area contributed by atoms with E-state index in [4.69, 9.17) is 4.42 Å². The number of aromatic amines is 1. The van der Waals surface area contributed by atoms with E-state index in [0.717, 1.165) is 6.07 Å². The number of hydrogen-bond acceptors (Lipinski definition) is 4. The molecule has 0 atom stereocenters. The molecule has 138 valence electrons. The van der Waals surface area contributed by atoms with Crippen molar-refractivity contribution in [2.24, 2.45) is 0 Å². The lowest BCUT2D eigenvalue weighted by atomic mass is 10.3. The molecule has 10 heteroatoms. The van der Waals surface area contributed by atoms with Gasteiger partial charge in [0, 0.05) is 24.8 Å². The largest absolute Gasteiger partial charge is 0.463 e. The molecule has 0 aromatic carbocycles. The van der Waals surface area contributed by atoms with Crippen LogP contribution in [0.15, 0.2) is 34.9 Å². The summed E-state index contributed by atoms with van der Waals surface area (Å²) in [6.45, 7) is 2.10. The fourth-order valence-corrected chi connectivity index (χ4v) is 2.39. The number of alkyl halides is 3. The maximum absolute atomic E-state index is 12.6. The maximum Gasteiger partial charge on any atom is 0.435 e. The summed E-state index contributed by atoms with van der Waals surface area (Å²) in [5.74, 6) is 0.179. The van der Waals surface area contributed by atoms with Crippen LogP contribution in [0.1, 0.15) is 28.3 Å². The Morgan fingerprint density at radius 3 is 2.85 bits per heavy atom. The number of carbonyl (C=O) groups is 1. The molecule has 0 radical (unpaired) electrons. The quantitative estimate of drug-likeness (QED) is 0.656. The smallest absolute Gasteiger partial charge is 0.435 e. The number of nitrogens with zero attached hydrogens (tertiary/aromatic N) is 3. The second kappa shape index (κ2) is 7.06. The fourth-order valence-electron chi connectivity index (χ4n) is 2.39. The van der Waals surface area contributed by atoms with Crippen LogP contribution in [0.2, 0.25) is 0 Å². The number of furan rings is 1. The first-order valence-electron chi connectivity index (χ1n) is 7.84. The standard InChI is InChI=1S/C16H16F3N5O2/c1-10-8-14(16(17,18)19)23-24(10)6-3-5-20-15(25)12-9-11(21-22-12)13-4-2-7-26-13/h2,4,7-9H,3,5-6H2,1H3,(H,20,25)(H,21,22). The van der Waals surface area contributed by atoms with E-state index in [0.29, 0.717) is 23.6 Å². The van der Waals surface area contributed by atoms with Crippen molar-refractivity contribution < 1.29 is 22.4 Å². The Balaban J connectivity index is 1.49. The van der Waals surface area contributed by atoms with Crippen LogP contribution in [0.5, 0.6) is 0 Å². The second-order valence-electron chi connectivity index (χ2n) is 5.65. The zero-order valence-corrected chi connectivity index (χ0v) is 13.8. The normalized spacial score (nSPS) is 11.7. The molecule has 3 aromatic rings. The zero-order chi connectivity index (χ0) is 18.7. The highest BCUT2D eigenvalue weighted by molar-refractivity contribution is 5.93. The van der Waals surface area contributed by atoms with Crippen LogP contribution in [-0.2, 0) is 12.7 Å². The van der Waals surface area contributed by atoms with Gasteiger partial charge in [-0.2, -0.15) is 23.4 Å². The van der Waals surface area contributed by atoms with Crippen molar-refractivity contribution in [3.8, 4) is 11.5 Å². The third kappa shape index (κ3) is 3.95.